The molecular weight excluding hydrogens is 306 g/mol. The first kappa shape index (κ1) is 14.9. The Labute approximate surface area is 140 Å². The van der Waals surface area contributed by atoms with Gasteiger partial charge in [-0.05, 0) is 43.7 Å². The molecule has 1 saturated carbocycles. The molecule has 0 spiro atoms. The number of anilines is 1. The van der Waals surface area contributed by atoms with Gasteiger partial charge in [0.2, 0.25) is 5.91 Å². The van der Waals surface area contributed by atoms with Gasteiger partial charge in [-0.15, -0.1) is 0 Å². The van der Waals surface area contributed by atoms with Gasteiger partial charge in [0.15, 0.2) is 5.13 Å². The molecule has 1 amide bonds. The summed E-state index contributed by atoms with van der Waals surface area (Å²) in [5.74, 6) is 0.356. The van der Waals surface area contributed by atoms with Gasteiger partial charge < -0.3 is 10.2 Å². The van der Waals surface area contributed by atoms with Crippen LogP contribution in [0.3, 0.4) is 0 Å². The molecule has 1 aliphatic carbocycles. The molecule has 0 radical (unpaired) electrons. The maximum atomic E-state index is 12.3. The summed E-state index contributed by atoms with van der Waals surface area (Å²) in [7, 11) is 0. The molecule has 2 heterocycles. The molecule has 1 aromatic carbocycles. The van der Waals surface area contributed by atoms with Crippen molar-refractivity contribution in [2.45, 2.75) is 45.1 Å². The third kappa shape index (κ3) is 3.07. The van der Waals surface area contributed by atoms with Crippen molar-refractivity contribution in [2.75, 3.05) is 18.0 Å². The monoisotopic (exact) mass is 329 g/mol. The Morgan fingerprint density at radius 1 is 1.39 bits per heavy atom. The zero-order valence-electron chi connectivity index (χ0n) is 13.5. The lowest BCUT2D eigenvalue weighted by Gasteiger charge is -2.31. The number of carbonyl (C=O) groups excluding carboxylic acids is 1. The second kappa shape index (κ2) is 6.11. The Balaban J connectivity index is 1.53. The van der Waals surface area contributed by atoms with E-state index in [0.29, 0.717) is 6.04 Å². The van der Waals surface area contributed by atoms with Crippen molar-refractivity contribution in [3.05, 3.63) is 23.8 Å². The van der Waals surface area contributed by atoms with Crippen LogP contribution in [0.5, 0.6) is 0 Å². The predicted molar refractivity (Wildman–Crippen MR) is 95.1 cm³/mol. The minimum absolute atomic E-state index is 0.113. The average Bonchev–Trinajstić information content (AvgIpc) is 3.28. The molecule has 1 aromatic heterocycles. The molecule has 2 aliphatic rings. The summed E-state index contributed by atoms with van der Waals surface area (Å²) in [5.41, 5.74) is 2.45. The minimum atomic E-state index is 0.113. The lowest BCUT2D eigenvalue weighted by molar-refractivity contribution is -0.125. The van der Waals surface area contributed by atoms with E-state index in [9.17, 15) is 4.79 Å². The van der Waals surface area contributed by atoms with Crippen molar-refractivity contribution in [2.24, 2.45) is 5.92 Å². The molecule has 1 unspecified atom stereocenters. The summed E-state index contributed by atoms with van der Waals surface area (Å²) >= 11 is 1.76. The van der Waals surface area contributed by atoms with Gasteiger partial charge in [0, 0.05) is 19.1 Å². The van der Waals surface area contributed by atoms with E-state index in [1.807, 2.05) is 0 Å². The molecule has 2 fully saturated rings. The number of aryl methyl sites for hydroxylation is 1. The van der Waals surface area contributed by atoms with Crippen LogP contribution in [-0.2, 0) is 11.2 Å². The maximum absolute atomic E-state index is 12.3. The summed E-state index contributed by atoms with van der Waals surface area (Å²) in [4.78, 5) is 19.5. The second-order valence-corrected chi connectivity index (χ2v) is 7.69. The first-order valence-electron chi connectivity index (χ1n) is 8.68. The summed E-state index contributed by atoms with van der Waals surface area (Å²) in [6.07, 6.45) is 5.38. The van der Waals surface area contributed by atoms with E-state index >= 15 is 0 Å². The highest BCUT2D eigenvalue weighted by Crippen LogP contribution is 2.33. The molecule has 2 aromatic rings. The molecule has 4 nitrogen and oxygen atoms in total. The van der Waals surface area contributed by atoms with Crippen molar-refractivity contribution in [3.63, 3.8) is 0 Å². The van der Waals surface area contributed by atoms with E-state index in [0.717, 1.165) is 55.8 Å². The van der Waals surface area contributed by atoms with Crippen LogP contribution in [-0.4, -0.2) is 30.0 Å². The Kier molecular flexibility index (Phi) is 3.97. The van der Waals surface area contributed by atoms with Crippen LogP contribution in [0.25, 0.3) is 10.2 Å². The van der Waals surface area contributed by atoms with E-state index in [1.54, 1.807) is 11.3 Å². The number of nitrogens with one attached hydrogen (secondary N) is 1. The Hall–Kier alpha value is -1.62. The number of aromatic nitrogens is 1. The minimum Gasteiger partial charge on any atom is -0.353 e. The van der Waals surface area contributed by atoms with Crippen LogP contribution in [0, 0.1) is 5.92 Å². The van der Waals surface area contributed by atoms with Crippen molar-refractivity contribution < 1.29 is 4.79 Å². The zero-order valence-corrected chi connectivity index (χ0v) is 14.4. The summed E-state index contributed by atoms with van der Waals surface area (Å²) in [6, 6.07) is 6.88. The number of nitrogens with zero attached hydrogens (tertiary/aromatic N) is 2. The zero-order chi connectivity index (χ0) is 15.8. The van der Waals surface area contributed by atoms with Gasteiger partial charge in [-0.25, -0.2) is 4.98 Å². The number of thiazole rings is 1. The van der Waals surface area contributed by atoms with Crippen molar-refractivity contribution in [1.29, 1.82) is 0 Å². The second-order valence-electron chi connectivity index (χ2n) is 6.68. The third-order valence-electron chi connectivity index (χ3n) is 4.86. The van der Waals surface area contributed by atoms with Gasteiger partial charge in [0.25, 0.3) is 0 Å². The van der Waals surface area contributed by atoms with Crippen LogP contribution in [0.15, 0.2) is 18.2 Å². The molecule has 23 heavy (non-hydrogen) atoms. The molecule has 4 rings (SSSR count). The van der Waals surface area contributed by atoms with Crippen LogP contribution in [0.1, 0.15) is 38.2 Å². The molecule has 122 valence electrons. The number of fused-ring (bicyclic) bond motifs is 1. The SMILES string of the molecule is CCc1cccc2sc(N3CCCC(C(=O)NC4CC4)C3)nc12. The third-order valence-corrected chi connectivity index (χ3v) is 5.94. The number of benzene rings is 1. The van der Waals surface area contributed by atoms with E-state index in [-0.39, 0.29) is 11.8 Å². The number of rotatable bonds is 4. The number of hydrogen-bond donors (Lipinski definition) is 1. The first-order chi connectivity index (χ1) is 11.2. The fourth-order valence-corrected chi connectivity index (χ4v) is 4.37. The van der Waals surface area contributed by atoms with Gasteiger partial charge in [0.1, 0.15) is 0 Å². The standard InChI is InChI=1S/C18H23N3OS/c1-2-12-5-3-7-15-16(12)20-18(23-15)21-10-4-6-13(11-21)17(22)19-14-8-9-14/h3,5,7,13-14H,2,4,6,8-11H2,1H3,(H,19,22). The molecule has 1 saturated heterocycles. The van der Waals surface area contributed by atoms with Gasteiger partial charge in [0.05, 0.1) is 16.1 Å². The highest BCUT2D eigenvalue weighted by atomic mass is 32.1. The summed E-state index contributed by atoms with van der Waals surface area (Å²) < 4.78 is 1.25. The fourth-order valence-electron chi connectivity index (χ4n) is 3.33. The summed E-state index contributed by atoms with van der Waals surface area (Å²) in [5, 5.41) is 4.23. The van der Waals surface area contributed by atoms with Gasteiger partial charge >= 0.3 is 0 Å². The maximum Gasteiger partial charge on any atom is 0.225 e. The van der Waals surface area contributed by atoms with Gasteiger partial charge in [-0.3, -0.25) is 4.79 Å². The number of amides is 1. The highest BCUT2D eigenvalue weighted by Gasteiger charge is 2.31. The predicted octanol–water partition coefficient (Wildman–Crippen LogP) is 3.35. The largest absolute Gasteiger partial charge is 0.353 e. The van der Waals surface area contributed by atoms with Gasteiger partial charge in [-0.1, -0.05) is 30.4 Å². The van der Waals surface area contributed by atoms with E-state index in [2.05, 4.69) is 35.3 Å². The topological polar surface area (TPSA) is 45.2 Å². The van der Waals surface area contributed by atoms with E-state index < -0.39 is 0 Å². The van der Waals surface area contributed by atoms with Crippen LogP contribution in [0.2, 0.25) is 0 Å². The lowest BCUT2D eigenvalue weighted by Crippen LogP contribution is -2.43. The summed E-state index contributed by atoms with van der Waals surface area (Å²) in [6.45, 7) is 3.99. The van der Waals surface area contributed by atoms with E-state index in [1.165, 1.54) is 10.3 Å². The van der Waals surface area contributed by atoms with Crippen LogP contribution >= 0.6 is 11.3 Å². The van der Waals surface area contributed by atoms with Crippen LogP contribution < -0.4 is 10.2 Å². The van der Waals surface area contributed by atoms with Crippen LogP contribution in [0.4, 0.5) is 5.13 Å². The quantitative estimate of drug-likeness (QED) is 0.935. The number of carbonyl (C=O) groups is 1. The molecule has 0 bridgehead atoms. The number of hydrogen-bond acceptors (Lipinski definition) is 4. The fraction of sp³-hybridized carbons (Fsp3) is 0.556. The molecule has 5 heteroatoms. The Morgan fingerprint density at radius 2 is 2.26 bits per heavy atom. The molecule has 1 N–H and O–H groups in total. The lowest BCUT2D eigenvalue weighted by atomic mass is 9.97. The Bertz CT molecular complexity index is 722. The van der Waals surface area contributed by atoms with Gasteiger partial charge in [-0.2, -0.15) is 0 Å². The number of para-hydroxylation sites is 1. The van der Waals surface area contributed by atoms with E-state index in [4.69, 9.17) is 4.98 Å². The van der Waals surface area contributed by atoms with Crippen molar-refractivity contribution in [3.8, 4) is 0 Å². The average molecular weight is 329 g/mol. The smallest absolute Gasteiger partial charge is 0.225 e. The number of piperidine rings is 1. The molecule has 1 atom stereocenters. The highest BCUT2D eigenvalue weighted by molar-refractivity contribution is 7.22. The molecule has 1 aliphatic heterocycles. The van der Waals surface area contributed by atoms with Crippen molar-refractivity contribution >= 4 is 32.6 Å². The molecular formula is C18H23N3OS. The van der Waals surface area contributed by atoms with Crippen molar-refractivity contribution in [1.82, 2.24) is 10.3 Å². The first-order valence-corrected chi connectivity index (χ1v) is 9.50. The normalized spacial score (nSPS) is 21.6. The Morgan fingerprint density at radius 3 is 3.04 bits per heavy atom.